The number of hydrogen-bond acceptors (Lipinski definition) is 8. The highest BCUT2D eigenvalue weighted by atomic mass is 79.9. The molecule has 2 aromatic heterocycles. The summed E-state index contributed by atoms with van der Waals surface area (Å²) in [5.41, 5.74) is 0.781. The van der Waals surface area contributed by atoms with Crippen LogP contribution in [0.15, 0.2) is 23.1 Å². The summed E-state index contributed by atoms with van der Waals surface area (Å²) in [7, 11) is 1.70. The number of morpholine rings is 1. The van der Waals surface area contributed by atoms with Gasteiger partial charge in [0.15, 0.2) is 0 Å². The van der Waals surface area contributed by atoms with Gasteiger partial charge in [0.2, 0.25) is 5.95 Å². The predicted molar refractivity (Wildman–Crippen MR) is 130 cm³/mol. The van der Waals surface area contributed by atoms with Crippen molar-refractivity contribution in [1.82, 2.24) is 24.6 Å². The molecule has 0 radical (unpaired) electrons. The van der Waals surface area contributed by atoms with Gasteiger partial charge in [-0.2, -0.15) is 0 Å². The average molecular weight is 523 g/mol. The predicted octanol–water partition coefficient (Wildman–Crippen LogP) is 4.19. The van der Waals surface area contributed by atoms with E-state index >= 15 is 0 Å². The van der Waals surface area contributed by atoms with Crippen LogP contribution in [-0.2, 0) is 9.47 Å². The van der Waals surface area contributed by atoms with E-state index in [-0.39, 0.29) is 0 Å². The zero-order chi connectivity index (χ0) is 23.2. The Bertz CT molecular complexity index is 879. The maximum Gasteiger partial charge on any atom is 0.256 e. The van der Waals surface area contributed by atoms with Crippen molar-refractivity contribution in [3.8, 4) is 5.88 Å². The van der Waals surface area contributed by atoms with Crippen LogP contribution in [0.1, 0.15) is 52.0 Å². The summed E-state index contributed by atoms with van der Waals surface area (Å²) in [5, 5.41) is 8.07. The molecule has 1 aliphatic heterocycles. The van der Waals surface area contributed by atoms with Crippen LogP contribution in [0.4, 0.5) is 11.6 Å². The van der Waals surface area contributed by atoms with E-state index in [1.807, 2.05) is 6.20 Å². The van der Waals surface area contributed by atoms with Gasteiger partial charge in [-0.15, -0.1) is 5.10 Å². The largest absolute Gasteiger partial charge is 0.475 e. The molecule has 9 nitrogen and oxygen atoms in total. The fraction of sp³-hybridized carbons (Fsp3) is 0.696. The van der Waals surface area contributed by atoms with E-state index < -0.39 is 0 Å². The van der Waals surface area contributed by atoms with Crippen LogP contribution in [0.25, 0.3) is 0 Å². The number of ether oxygens (including phenoxy) is 3. The Labute approximate surface area is 204 Å². The molecule has 10 heteroatoms. The van der Waals surface area contributed by atoms with E-state index in [2.05, 4.69) is 54.6 Å². The number of anilines is 2. The Morgan fingerprint density at radius 1 is 1.12 bits per heavy atom. The molecule has 0 spiro atoms. The Balaban J connectivity index is 1.42. The SMILES string of the molecule is COCCCOc1nn(C2CCC(N3C[C@@H](C)O[C@@H](C)C3)CC2)cc1Nc1nccc(Br)n1. The maximum atomic E-state index is 5.99. The third kappa shape index (κ3) is 6.65. The van der Waals surface area contributed by atoms with Crippen LogP contribution in [0.3, 0.4) is 0 Å². The van der Waals surface area contributed by atoms with Gasteiger partial charge in [-0.1, -0.05) is 0 Å². The van der Waals surface area contributed by atoms with E-state index in [0.717, 1.165) is 42.6 Å². The second kappa shape index (κ2) is 11.6. The van der Waals surface area contributed by atoms with Crippen molar-refractivity contribution in [2.75, 3.05) is 38.7 Å². The summed E-state index contributed by atoms with van der Waals surface area (Å²) in [6.45, 7) is 7.61. The molecule has 2 aromatic rings. The van der Waals surface area contributed by atoms with E-state index in [0.29, 0.717) is 49.3 Å². The zero-order valence-electron chi connectivity index (χ0n) is 19.7. The van der Waals surface area contributed by atoms with Crippen LogP contribution in [0, 0.1) is 0 Å². The van der Waals surface area contributed by atoms with E-state index in [1.165, 1.54) is 12.8 Å². The molecule has 0 amide bonds. The molecule has 0 aromatic carbocycles. The summed E-state index contributed by atoms with van der Waals surface area (Å²) in [4.78, 5) is 11.3. The second-order valence-electron chi connectivity index (χ2n) is 9.02. The number of halogens is 1. The molecule has 1 saturated heterocycles. The number of nitrogens with one attached hydrogen (secondary N) is 1. The Kier molecular flexibility index (Phi) is 8.56. The van der Waals surface area contributed by atoms with Gasteiger partial charge in [0, 0.05) is 45.5 Å². The van der Waals surface area contributed by atoms with E-state index in [1.54, 1.807) is 19.4 Å². The number of rotatable bonds is 9. The summed E-state index contributed by atoms with van der Waals surface area (Å²) in [5.74, 6) is 1.08. The smallest absolute Gasteiger partial charge is 0.256 e. The van der Waals surface area contributed by atoms with Crippen LogP contribution >= 0.6 is 15.9 Å². The molecule has 4 rings (SSSR count). The van der Waals surface area contributed by atoms with Crippen LogP contribution in [0.5, 0.6) is 5.88 Å². The lowest BCUT2D eigenvalue weighted by Crippen LogP contribution is -2.51. The lowest BCUT2D eigenvalue weighted by Gasteiger charge is -2.42. The Hall–Kier alpha value is -1.75. The minimum Gasteiger partial charge on any atom is -0.475 e. The monoisotopic (exact) mass is 522 g/mol. The zero-order valence-corrected chi connectivity index (χ0v) is 21.3. The van der Waals surface area contributed by atoms with Gasteiger partial charge >= 0.3 is 0 Å². The highest BCUT2D eigenvalue weighted by Gasteiger charge is 2.32. The van der Waals surface area contributed by atoms with E-state index in [9.17, 15) is 0 Å². The van der Waals surface area contributed by atoms with Gasteiger partial charge in [0.25, 0.3) is 5.88 Å². The van der Waals surface area contributed by atoms with Gasteiger partial charge in [-0.05, 0) is 61.5 Å². The fourth-order valence-electron chi connectivity index (χ4n) is 4.85. The van der Waals surface area contributed by atoms with Gasteiger partial charge < -0.3 is 19.5 Å². The number of aromatic nitrogens is 4. The molecule has 1 aliphatic carbocycles. The normalized spacial score (nSPS) is 26.3. The quantitative estimate of drug-likeness (QED) is 0.387. The van der Waals surface area contributed by atoms with Gasteiger partial charge in [0.1, 0.15) is 10.3 Å². The minimum absolute atomic E-state index is 0.310. The van der Waals surface area contributed by atoms with Crippen molar-refractivity contribution in [3.05, 3.63) is 23.1 Å². The highest BCUT2D eigenvalue weighted by molar-refractivity contribution is 9.10. The first-order valence-electron chi connectivity index (χ1n) is 11.9. The number of hydrogen-bond donors (Lipinski definition) is 1. The van der Waals surface area contributed by atoms with Gasteiger partial charge in [0.05, 0.1) is 31.1 Å². The molecule has 33 heavy (non-hydrogen) atoms. The third-order valence-corrected chi connectivity index (χ3v) is 6.74. The van der Waals surface area contributed by atoms with Crippen molar-refractivity contribution < 1.29 is 14.2 Å². The first-order valence-corrected chi connectivity index (χ1v) is 12.7. The molecule has 182 valence electrons. The van der Waals surface area contributed by atoms with Crippen LogP contribution < -0.4 is 10.1 Å². The fourth-order valence-corrected chi connectivity index (χ4v) is 5.13. The molecule has 2 aliphatic rings. The van der Waals surface area contributed by atoms with Crippen molar-refractivity contribution in [2.24, 2.45) is 0 Å². The second-order valence-corrected chi connectivity index (χ2v) is 9.84. The third-order valence-electron chi connectivity index (χ3n) is 6.30. The van der Waals surface area contributed by atoms with Crippen molar-refractivity contribution >= 4 is 27.6 Å². The van der Waals surface area contributed by atoms with Gasteiger partial charge in [-0.3, -0.25) is 9.58 Å². The first kappa shape index (κ1) is 24.4. The van der Waals surface area contributed by atoms with Crippen LogP contribution in [0.2, 0.25) is 0 Å². The number of methoxy groups -OCH3 is 1. The maximum absolute atomic E-state index is 5.99. The van der Waals surface area contributed by atoms with Crippen molar-refractivity contribution in [2.45, 2.75) is 70.2 Å². The van der Waals surface area contributed by atoms with Crippen LogP contribution in [-0.4, -0.2) is 76.3 Å². The highest BCUT2D eigenvalue weighted by Crippen LogP contribution is 2.35. The summed E-state index contributed by atoms with van der Waals surface area (Å²) in [6, 6.07) is 2.78. The molecule has 2 atom stereocenters. The van der Waals surface area contributed by atoms with Crippen molar-refractivity contribution in [1.29, 1.82) is 0 Å². The summed E-state index contributed by atoms with van der Waals surface area (Å²) in [6.07, 6.45) is 9.70. The molecular weight excluding hydrogens is 488 g/mol. The lowest BCUT2D eigenvalue weighted by molar-refractivity contribution is -0.0852. The molecule has 2 fully saturated rings. The first-order chi connectivity index (χ1) is 16.0. The van der Waals surface area contributed by atoms with Crippen molar-refractivity contribution in [3.63, 3.8) is 0 Å². The minimum atomic E-state index is 0.310. The van der Waals surface area contributed by atoms with Gasteiger partial charge in [-0.25, -0.2) is 9.97 Å². The van der Waals surface area contributed by atoms with E-state index in [4.69, 9.17) is 19.3 Å². The summed E-state index contributed by atoms with van der Waals surface area (Å²) < 4.78 is 19.8. The Morgan fingerprint density at radius 3 is 2.55 bits per heavy atom. The molecule has 1 N–H and O–H groups in total. The summed E-state index contributed by atoms with van der Waals surface area (Å²) >= 11 is 3.40. The molecule has 0 unspecified atom stereocenters. The molecule has 0 bridgehead atoms. The lowest BCUT2D eigenvalue weighted by atomic mass is 9.89. The molecule has 3 heterocycles. The average Bonchev–Trinajstić information content (AvgIpc) is 3.19. The standard InChI is InChI=1S/C23H35BrN6O3/c1-16-13-29(14-17(2)33-16)18-5-7-19(8-6-18)30-15-20(22(28-30)32-12-4-11-31-3)26-23-25-10-9-21(24)27-23/h9-10,15-19H,4-8,11-14H2,1-3H3,(H,25,26,27)/t16-,17+,18?,19?. The Morgan fingerprint density at radius 2 is 1.85 bits per heavy atom. The molecular formula is C23H35BrN6O3. The number of nitrogens with zero attached hydrogens (tertiary/aromatic N) is 5. The topological polar surface area (TPSA) is 86.6 Å². The molecule has 1 saturated carbocycles.